The Morgan fingerprint density at radius 2 is 1.79 bits per heavy atom. The standard InChI is InChI=1S/C16H13NO2/c1-19-15-9-5-3-7-12(15)16(18)14-10-11-6-2-4-8-13(11)17-14/h2-10,17H,1H3. The molecule has 0 saturated carbocycles. The number of benzene rings is 2. The molecule has 3 rings (SSSR count). The van der Waals surface area contributed by atoms with E-state index in [9.17, 15) is 4.79 Å². The molecule has 1 heterocycles. The average Bonchev–Trinajstić information content (AvgIpc) is 2.90. The summed E-state index contributed by atoms with van der Waals surface area (Å²) in [6.45, 7) is 0. The number of rotatable bonds is 3. The maximum atomic E-state index is 12.5. The van der Waals surface area contributed by atoms with Crippen LogP contribution in [0.15, 0.2) is 54.6 Å². The van der Waals surface area contributed by atoms with Gasteiger partial charge in [-0.3, -0.25) is 4.79 Å². The highest BCUT2D eigenvalue weighted by Gasteiger charge is 2.15. The number of hydrogen-bond donors (Lipinski definition) is 1. The number of methoxy groups -OCH3 is 1. The zero-order valence-electron chi connectivity index (χ0n) is 10.5. The zero-order chi connectivity index (χ0) is 13.2. The van der Waals surface area contributed by atoms with E-state index in [2.05, 4.69) is 4.98 Å². The highest BCUT2D eigenvalue weighted by Crippen LogP contribution is 2.23. The van der Waals surface area contributed by atoms with E-state index in [0.29, 0.717) is 17.0 Å². The van der Waals surface area contributed by atoms with Gasteiger partial charge in [0.05, 0.1) is 18.4 Å². The molecule has 0 radical (unpaired) electrons. The largest absolute Gasteiger partial charge is 0.496 e. The first-order valence-corrected chi connectivity index (χ1v) is 6.05. The molecule has 3 nitrogen and oxygen atoms in total. The Morgan fingerprint density at radius 3 is 2.58 bits per heavy atom. The van der Waals surface area contributed by atoms with E-state index >= 15 is 0 Å². The van der Waals surface area contributed by atoms with Gasteiger partial charge < -0.3 is 9.72 Å². The molecule has 3 heteroatoms. The number of H-pyrrole nitrogens is 1. The SMILES string of the molecule is COc1ccccc1C(=O)c1cc2ccccc2[nH]1. The summed E-state index contributed by atoms with van der Waals surface area (Å²) in [7, 11) is 1.57. The maximum absolute atomic E-state index is 12.5. The monoisotopic (exact) mass is 251 g/mol. The minimum Gasteiger partial charge on any atom is -0.496 e. The number of hydrogen-bond acceptors (Lipinski definition) is 2. The maximum Gasteiger partial charge on any atom is 0.212 e. The molecule has 0 spiro atoms. The van der Waals surface area contributed by atoms with Crippen LogP contribution in [-0.4, -0.2) is 17.9 Å². The van der Waals surface area contributed by atoms with E-state index in [1.54, 1.807) is 19.2 Å². The van der Waals surface area contributed by atoms with Crippen molar-refractivity contribution in [2.24, 2.45) is 0 Å². The van der Waals surface area contributed by atoms with E-state index in [1.165, 1.54) is 0 Å². The van der Waals surface area contributed by atoms with Crippen LogP contribution in [0.25, 0.3) is 10.9 Å². The molecule has 0 aliphatic carbocycles. The number of aromatic amines is 1. The van der Waals surface area contributed by atoms with E-state index in [-0.39, 0.29) is 5.78 Å². The van der Waals surface area contributed by atoms with Gasteiger partial charge in [0.15, 0.2) is 0 Å². The van der Waals surface area contributed by atoms with Crippen molar-refractivity contribution in [3.8, 4) is 5.75 Å². The van der Waals surface area contributed by atoms with E-state index < -0.39 is 0 Å². The Bertz CT molecular complexity index is 710. The van der Waals surface area contributed by atoms with Crippen LogP contribution in [0.3, 0.4) is 0 Å². The Kier molecular flexibility index (Phi) is 2.80. The van der Waals surface area contributed by atoms with Gasteiger partial charge in [0, 0.05) is 10.9 Å². The third-order valence-electron chi connectivity index (χ3n) is 3.13. The normalized spacial score (nSPS) is 10.6. The van der Waals surface area contributed by atoms with E-state index in [1.807, 2.05) is 42.5 Å². The molecule has 0 unspecified atom stereocenters. The lowest BCUT2D eigenvalue weighted by Gasteiger charge is -2.05. The summed E-state index contributed by atoms with van der Waals surface area (Å²) in [5.74, 6) is 0.528. The third-order valence-corrected chi connectivity index (χ3v) is 3.13. The average molecular weight is 251 g/mol. The second-order valence-electron chi connectivity index (χ2n) is 4.30. The molecule has 94 valence electrons. The fraction of sp³-hybridized carbons (Fsp3) is 0.0625. The van der Waals surface area contributed by atoms with Crippen molar-refractivity contribution in [3.63, 3.8) is 0 Å². The number of nitrogens with one attached hydrogen (secondary N) is 1. The van der Waals surface area contributed by atoms with Crippen LogP contribution in [0, 0.1) is 0 Å². The molecule has 0 saturated heterocycles. The molecule has 0 bridgehead atoms. The van der Waals surface area contributed by atoms with Crippen molar-refractivity contribution in [1.29, 1.82) is 0 Å². The number of ketones is 1. The predicted octanol–water partition coefficient (Wildman–Crippen LogP) is 3.41. The Hall–Kier alpha value is -2.55. The van der Waals surface area contributed by atoms with Crippen molar-refractivity contribution in [2.75, 3.05) is 7.11 Å². The van der Waals surface area contributed by atoms with E-state index in [0.717, 1.165) is 10.9 Å². The van der Waals surface area contributed by atoms with Gasteiger partial charge in [0.25, 0.3) is 0 Å². The van der Waals surface area contributed by atoms with Gasteiger partial charge in [-0.05, 0) is 24.3 Å². The molecule has 1 N–H and O–H groups in total. The van der Waals surface area contributed by atoms with Gasteiger partial charge in [0.1, 0.15) is 5.75 Å². The number of carbonyl (C=O) groups is 1. The molecule has 0 atom stereocenters. The quantitative estimate of drug-likeness (QED) is 0.725. The molecule has 0 aliphatic heterocycles. The Labute approximate surface area is 110 Å². The molecular weight excluding hydrogens is 238 g/mol. The van der Waals surface area contributed by atoms with E-state index in [4.69, 9.17) is 4.74 Å². The van der Waals surface area contributed by atoms with Crippen molar-refractivity contribution < 1.29 is 9.53 Å². The summed E-state index contributed by atoms with van der Waals surface area (Å²) >= 11 is 0. The van der Waals surface area contributed by atoms with Gasteiger partial charge in [-0.1, -0.05) is 30.3 Å². The highest BCUT2D eigenvalue weighted by molar-refractivity contribution is 6.11. The minimum absolute atomic E-state index is 0.0614. The lowest BCUT2D eigenvalue weighted by atomic mass is 10.1. The summed E-state index contributed by atoms with van der Waals surface area (Å²) in [6, 6.07) is 16.9. The number of aromatic nitrogens is 1. The first kappa shape index (κ1) is 11.5. The first-order valence-electron chi connectivity index (χ1n) is 6.05. The molecule has 0 aliphatic rings. The second-order valence-corrected chi connectivity index (χ2v) is 4.30. The van der Waals surface area contributed by atoms with Gasteiger partial charge in [0.2, 0.25) is 5.78 Å². The van der Waals surface area contributed by atoms with Gasteiger partial charge in [-0.2, -0.15) is 0 Å². The van der Waals surface area contributed by atoms with Crippen LogP contribution in [0.4, 0.5) is 0 Å². The number of fused-ring (bicyclic) bond motifs is 1. The van der Waals surface area contributed by atoms with Crippen molar-refractivity contribution >= 4 is 16.7 Å². The second kappa shape index (κ2) is 4.61. The molecule has 0 amide bonds. The van der Waals surface area contributed by atoms with Crippen LogP contribution in [0.2, 0.25) is 0 Å². The summed E-state index contributed by atoms with van der Waals surface area (Å²) in [5, 5.41) is 1.03. The summed E-state index contributed by atoms with van der Waals surface area (Å²) in [5.41, 5.74) is 2.10. The lowest BCUT2D eigenvalue weighted by Crippen LogP contribution is -2.03. The van der Waals surface area contributed by atoms with Crippen molar-refractivity contribution in [3.05, 3.63) is 65.9 Å². The topological polar surface area (TPSA) is 42.1 Å². The summed E-state index contributed by atoms with van der Waals surface area (Å²) in [4.78, 5) is 15.6. The molecule has 1 aromatic heterocycles. The zero-order valence-corrected chi connectivity index (χ0v) is 10.5. The van der Waals surface area contributed by atoms with Crippen LogP contribution >= 0.6 is 0 Å². The molecular formula is C16H13NO2. The fourth-order valence-electron chi connectivity index (χ4n) is 2.17. The highest BCUT2D eigenvalue weighted by atomic mass is 16.5. The van der Waals surface area contributed by atoms with Gasteiger partial charge in [-0.15, -0.1) is 0 Å². The fourth-order valence-corrected chi connectivity index (χ4v) is 2.17. The van der Waals surface area contributed by atoms with Gasteiger partial charge >= 0.3 is 0 Å². The van der Waals surface area contributed by atoms with Crippen molar-refractivity contribution in [1.82, 2.24) is 4.98 Å². The van der Waals surface area contributed by atoms with Crippen LogP contribution < -0.4 is 4.74 Å². The Balaban J connectivity index is 2.08. The van der Waals surface area contributed by atoms with Gasteiger partial charge in [-0.25, -0.2) is 0 Å². The third kappa shape index (κ3) is 1.99. The van der Waals surface area contributed by atoms with Crippen LogP contribution in [0.5, 0.6) is 5.75 Å². The molecule has 2 aromatic carbocycles. The lowest BCUT2D eigenvalue weighted by molar-refractivity contribution is 0.103. The van der Waals surface area contributed by atoms with Crippen molar-refractivity contribution in [2.45, 2.75) is 0 Å². The summed E-state index contributed by atoms with van der Waals surface area (Å²) < 4.78 is 5.23. The molecule has 0 fully saturated rings. The van der Waals surface area contributed by atoms with Crippen LogP contribution in [-0.2, 0) is 0 Å². The predicted molar refractivity (Wildman–Crippen MR) is 74.7 cm³/mol. The molecule has 19 heavy (non-hydrogen) atoms. The Morgan fingerprint density at radius 1 is 1.05 bits per heavy atom. The number of ether oxygens (including phenoxy) is 1. The number of carbonyl (C=O) groups excluding carboxylic acids is 1. The minimum atomic E-state index is -0.0614. The smallest absolute Gasteiger partial charge is 0.212 e. The molecule has 3 aromatic rings. The summed E-state index contributed by atoms with van der Waals surface area (Å²) in [6.07, 6.45) is 0. The number of para-hydroxylation sites is 2. The first-order chi connectivity index (χ1) is 9.29. The van der Waals surface area contributed by atoms with Crippen LogP contribution in [0.1, 0.15) is 16.1 Å².